The fraction of sp³-hybridized carbons (Fsp3) is 0.600. The van der Waals surface area contributed by atoms with Crippen LogP contribution in [0, 0.1) is 0 Å². The molecule has 20 heavy (non-hydrogen) atoms. The molecule has 1 aromatic heterocycles. The molecule has 0 aromatic carbocycles. The maximum Gasteiger partial charge on any atom is 0.254 e. The normalized spacial score (nSPS) is 23.2. The van der Waals surface area contributed by atoms with Gasteiger partial charge >= 0.3 is 0 Å². The first-order valence-electron chi connectivity index (χ1n) is 7.38. The van der Waals surface area contributed by atoms with Crippen LogP contribution < -0.4 is 10.1 Å². The van der Waals surface area contributed by atoms with Crippen LogP contribution in [0.2, 0.25) is 0 Å². The van der Waals surface area contributed by atoms with Gasteiger partial charge in [-0.25, -0.2) is 4.98 Å². The maximum absolute atomic E-state index is 12.5. The largest absolute Gasteiger partial charge is 0.474 e. The molecule has 0 unspecified atom stereocenters. The van der Waals surface area contributed by atoms with E-state index in [0.717, 1.165) is 32.5 Å². The number of hydrogen-bond donors (Lipinski definition) is 1. The number of piperazine rings is 1. The van der Waals surface area contributed by atoms with E-state index < -0.39 is 0 Å². The lowest BCUT2D eigenvalue weighted by molar-refractivity contribution is 0.0706. The highest BCUT2D eigenvalue weighted by Gasteiger charge is 2.23. The number of nitrogens with one attached hydrogen (secondary N) is 1. The number of ether oxygens (including phenoxy) is 1. The number of nitrogens with zero attached hydrogens (tertiary/aromatic N) is 2. The summed E-state index contributed by atoms with van der Waals surface area (Å²) in [4.78, 5) is 18.6. The van der Waals surface area contributed by atoms with Crippen LogP contribution in [0.15, 0.2) is 18.3 Å². The van der Waals surface area contributed by atoms with Crippen LogP contribution in [0.4, 0.5) is 0 Å². The SMILES string of the molecule is C[C@@H]1CN(C(=O)c2ccnc(OC3CCC3)c2)CCN1. The van der Waals surface area contributed by atoms with Crippen molar-refractivity contribution in [3.8, 4) is 5.88 Å². The standard InChI is InChI=1S/C15H21N3O2/c1-11-10-18(8-7-16-11)15(19)12-5-6-17-14(9-12)20-13-3-2-4-13/h5-6,9,11,13,16H,2-4,7-8,10H2,1H3/t11-/m1/s1. The highest BCUT2D eigenvalue weighted by atomic mass is 16.5. The Morgan fingerprint density at radius 1 is 1.50 bits per heavy atom. The molecule has 1 atom stereocenters. The lowest BCUT2D eigenvalue weighted by atomic mass is 9.96. The van der Waals surface area contributed by atoms with Gasteiger partial charge in [-0.1, -0.05) is 0 Å². The molecule has 1 saturated heterocycles. The van der Waals surface area contributed by atoms with Gasteiger partial charge in [0.1, 0.15) is 6.10 Å². The van der Waals surface area contributed by atoms with Crippen molar-refractivity contribution in [3.63, 3.8) is 0 Å². The lowest BCUT2D eigenvalue weighted by Gasteiger charge is -2.32. The lowest BCUT2D eigenvalue weighted by Crippen LogP contribution is -2.51. The molecular formula is C15H21N3O2. The summed E-state index contributed by atoms with van der Waals surface area (Å²) >= 11 is 0. The third kappa shape index (κ3) is 2.93. The van der Waals surface area contributed by atoms with Crippen molar-refractivity contribution in [2.45, 2.75) is 38.3 Å². The molecule has 108 valence electrons. The first kappa shape index (κ1) is 13.4. The van der Waals surface area contributed by atoms with Crippen molar-refractivity contribution in [2.75, 3.05) is 19.6 Å². The first-order valence-corrected chi connectivity index (χ1v) is 7.38. The number of carbonyl (C=O) groups is 1. The average Bonchev–Trinajstić information content (AvgIpc) is 2.42. The van der Waals surface area contributed by atoms with Gasteiger partial charge in [-0.15, -0.1) is 0 Å². The molecule has 5 heteroatoms. The summed E-state index contributed by atoms with van der Waals surface area (Å²) in [5.74, 6) is 0.642. The smallest absolute Gasteiger partial charge is 0.254 e. The van der Waals surface area contributed by atoms with Crippen LogP contribution in [-0.2, 0) is 0 Å². The van der Waals surface area contributed by atoms with E-state index in [0.29, 0.717) is 17.5 Å². The van der Waals surface area contributed by atoms with E-state index in [-0.39, 0.29) is 12.0 Å². The van der Waals surface area contributed by atoms with Gasteiger partial charge in [-0.2, -0.15) is 0 Å². The monoisotopic (exact) mass is 275 g/mol. The minimum Gasteiger partial charge on any atom is -0.474 e. The van der Waals surface area contributed by atoms with E-state index >= 15 is 0 Å². The molecule has 5 nitrogen and oxygen atoms in total. The van der Waals surface area contributed by atoms with Gasteiger partial charge < -0.3 is 15.0 Å². The highest BCUT2D eigenvalue weighted by molar-refractivity contribution is 5.94. The van der Waals surface area contributed by atoms with Crippen molar-refractivity contribution in [2.24, 2.45) is 0 Å². The van der Waals surface area contributed by atoms with Gasteiger partial charge in [0.25, 0.3) is 5.91 Å². The number of rotatable bonds is 3. The molecular weight excluding hydrogens is 254 g/mol. The van der Waals surface area contributed by atoms with Gasteiger partial charge in [-0.05, 0) is 32.3 Å². The van der Waals surface area contributed by atoms with E-state index in [1.54, 1.807) is 18.3 Å². The van der Waals surface area contributed by atoms with Crippen molar-refractivity contribution >= 4 is 5.91 Å². The zero-order valence-electron chi connectivity index (χ0n) is 11.8. The third-order valence-corrected chi connectivity index (χ3v) is 3.98. The van der Waals surface area contributed by atoms with Gasteiger partial charge in [0.05, 0.1) is 0 Å². The molecule has 2 aliphatic rings. The second-order valence-electron chi connectivity index (χ2n) is 5.66. The third-order valence-electron chi connectivity index (χ3n) is 3.98. The summed E-state index contributed by atoms with van der Waals surface area (Å²) in [6, 6.07) is 3.89. The summed E-state index contributed by atoms with van der Waals surface area (Å²) in [6.45, 7) is 4.45. The molecule has 1 aromatic rings. The number of aromatic nitrogens is 1. The number of hydrogen-bond acceptors (Lipinski definition) is 4. The zero-order valence-corrected chi connectivity index (χ0v) is 11.8. The Labute approximate surface area is 119 Å². The molecule has 0 bridgehead atoms. The van der Waals surface area contributed by atoms with E-state index in [1.807, 2.05) is 4.90 Å². The minimum atomic E-state index is 0.0687. The van der Waals surface area contributed by atoms with Crippen LogP contribution >= 0.6 is 0 Å². The molecule has 1 saturated carbocycles. The van der Waals surface area contributed by atoms with Crippen LogP contribution in [-0.4, -0.2) is 47.6 Å². The fourth-order valence-corrected chi connectivity index (χ4v) is 2.57. The molecule has 2 heterocycles. The summed E-state index contributed by atoms with van der Waals surface area (Å²) in [5.41, 5.74) is 0.670. The Bertz CT molecular complexity index is 488. The summed E-state index contributed by atoms with van der Waals surface area (Å²) in [5, 5.41) is 3.34. The van der Waals surface area contributed by atoms with Crippen molar-refractivity contribution in [3.05, 3.63) is 23.9 Å². The van der Waals surface area contributed by atoms with E-state index in [2.05, 4.69) is 17.2 Å². The van der Waals surface area contributed by atoms with Gasteiger partial charge in [0.15, 0.2) is 0 Å². The first-order chi connectivity index (χ1) is 9.72. The molecule has 0 radical (unpaired) electrons. The molecule has 1 aliphatic carbocycles. The second-order valence-corrected chi connectivity index (χ2v) is 5.66. The van der Waals surface area contributed by atoms with Crippen molar-refractivity contribution in [1.82, 2.24) is 15.2 Å². The van der Waals surface area contributed by atoms with Crippen molar-refractivity contribution in [1.29, 1.82) is 0 Å². The Kier molecular flexibility index (Phi) is 3.87. The number of pyridine rings is 1. The number of carbonyl (C=O) groups excluding carboxylic acids is 1. The average molecular weight is 275 g/mol. The molecule has 1 amide bonds. The van der Waals surface area contributed by atoms with Crippen LogP contribution in [0.5, 0.6) is 5.88 Å². The molecule has 1 N–H and O–H groups in total. The second kappa shape index (κ2) is 5.79. The molecule has 2 fully saturated rings. The van der Waals surface area contributed by atoms with E-state index in [4.69, 9.17) is 4.74 Å². The Balaban J connectivity index is 1.68. The van der Waals surface area contributed by atoms with Gasteiger partial charge in [-0.3, -0.25) is 4.79 Å². The Hall–Kier alpha value is -1.62. The van der Waals surface area contributed by atoms with Crippen LogP contribution in [0.25, 0.3) is 0 Å². The Morgan fingerprint density at radius 3 is 3.05 bits per heavy atom. The Morgan fingerprint density at radius 2 is 2.35 bits per heavy atom. The summed E-state index contributed by atoms with van der Waals surface area (Å²) in [6.07, 6.45) is 5.35. The quantitative estimate of drug-likeness (QED) is 0.907. The topological polar surface area (TPSA) is 54.5 Å². The predicted molar refractivity (Wildman–Crippen MR) is 75.9 cm³/mol. The number of amides is 1. The van der Waals surface area contributed by atoms with E-state index in [1.165, 1.54) is 6.42 Å². The molecule has 3 rings (SSSR count). The van der Waals surface area contributed by atoms with Crippen molar-refractivity contribution < 1.29 is 9.53 Å². The fourth-order valence-electron chi connectivity index (χ4n) is 2.57. The minimum absolute atomic E-state index is 0.0687. The molecule has 0 spiro atoms. The van der Waals surface area contributed by atoms with E-state index in [9.17, 15) is 4.79 Å². The van der Waals surface area contributed by atoms with Crippen LogP contribution in [0.3, 0.4) is 0 Å². The van der Waals surface area contributed by atoms with Gasteiger partial charge in [0.2, 0.25) is 5.88 Å². The van der Waals surface area contributed by atoms with Crippen LogP contribution in [0.1, 0.15) is 36.5 Å². The zero-order chi connectivity index (χ0) is 13.9. The maximum atomic E-state index is 12.5. The van der Waals surface area contributed by atoms with Gasteiger partial charge in [0, 0.05) is 43.5 Å². The summed E-state index contributed by atoms with van der Waals surface area (Å²) in [7, 11) is 0. The summed E-state index contributed by atoms with van der Waals surface area (Å²) < 4.78 is 5.76. The predicted octanol–water partition coefficient (Wildman–Crippen LogP) is 1.45. The molecule has 1 aliphatic heterocycles. The highest BCUT2D eigenvalue weighted by Crippen LogP contribution is 2.24.